The van der Waals surface area contributed by atoms with Gasteiger partial charge in [0.15, 0.2) is 0 Å². The van der Waals surface area contributed by atoms with Gasteiger partial charge in [-0.3, -0.25) is 0 Å². The van der Waals surface area contributed by atoms with E-state index in [2.05, 4.69) is 17.1 Å². The van der Waals surface area contributed by atoms with Gasteiger partial charge in [0.05, 0.1) is 6.10 Å². The molecule has 106 valence electrons. The fourth-order valence-corrected chi connectivity index (χ4v) is 3.12. The Bertz CT molecular complexity index is 209. The lowest BCUT2D eigenvalue weighted by Gasteiger charge is -2.32. The number of rotatable bonds is 7. The number of hydrogen-bond acceptors (Lipinski definition) is 3. The quantitative estimate of drug-likeness (QED) is 0.755. The number of likely N-dealkylation sites (tertiary alicyclic amines) is 1. The smallest absolute Gasteiger partial charge is 0.0576 e. The van der Waals surface area contributed by atoms with Crippen LogP contribution in [0.25, 0.3) is 0 Å². The SMILES string of the molecule is CCCNC1CCN(CCCC2CCCO2)CC1. The Hall–Kier alpha value is -0.120. The number of hydrogen-bond donors (Lipinski definition) is 1. The molecule has 2 rings (SSSR count). The van der Waals surface area contributed by atoms with E-state index in [0.717, 1.165) is 12.6 Å². The first-order valence-corrected chi connectivity index (χ1v) is 7.96. The summed E-state index contributed by atoms with van der Waals surface area (Å²) in [7, 11) is 0. The maximum Gasteiger partial charge on any atom is 0.0576 e. The highest BCUT2D eigenvalue weighted by Crippen LogP contribution is 2.18. The van der Waals surface area contributed by atoms with Gasteiger partial charge >= 0.3 is 0 Å². The molecule has 0 aromatic rings. The maximum absolute atomic E-state index is 5.68. The van der Waals surface area contributed by atoms with Crippen molar-refractivity contribution in [1.82, 2.24) is 10.2 Å². The second kappa shape index (κ2) is 8.13. The summed E-state index contributed by atoms with van der Waals surface area (Å²) in [6, 6.07) is 0.777. The lowest BCUT2D eigenvalue weighted by atomic mass is 10.0. The highest BCUT2D eigenvalue weighted by Gasteiger charge is 2.19. The summed E-state index contributed by atoms with van der Waals surface area (Å²) in [5.74, 6) is 0. The zero-order valence-electron chi connectivity index (χ0n) is 12.0. The van der Waals surface area contributed by atoms with Crippen LogP contribution in [0.2, 0.25) is 0 Å². The minimum Gasteiger partial charge on any atom is -0.378 e. The molecule has 1 unspecified atom stereocenters. The topological polar surface area (TPSA) is 24.5 Å². The van der Waals surface area contributed by atoms with Crippen molar-refractivity contribution in [2.75, 3.05) is 32.8 Å². The fourth-order valence-electron chi connectivity index (χ4n) is 3.12. The third-order valence-corrected chi connectivity index (χ3v) is 4.30. The van der Waals surface area contributed by atoms with E-state index in [1.54, 1.807) is 0 Å². The van der Waals surface area contributed by atoms with Crippen LogP contribution in [-0.4, -0.2) is 49.8 Å². The number of piperidine rings is 1. The fraction of sp³-hybridized carbons (Fsp3) is 1.00. The molecule has 2 fully saturated rings. The average molecular weight is 254 g/mol. The Kier molecular flexibility index (Phi) is 6.46. The van der Waals surface area contributed by atoms with Crippen molar-refractivity contribution >= 4 is 0 Å². The van der Waals surface area contributed by atoms with Crippen LogP contribution >= 0.6 is 0 Å². The maximum atomic E-state index is 5.68. The Morgan fingerprint density at radius 2 is 2.06 bits per heavy atom. The largest absolute Gasteiger partial charge is 0.378 e. The van der Waals surface area contributed by atoms with Crippen LogP contribution in [0.1, 0.15) is 51.9 Å². The molecule has 0 aromatic carbocycles. The minimum atomic E-state index is 0.578. The lowest BCUT2D eigenvalue weighted by molar-refractivity contribution is 0.0967. The van der Waals surface area contributed by atoms with E-state index in [1.807, 2.05) is 0 Å². The molecule has 0 radical (unpaired) electrons. The molecule has 2 saturated heterocycles. The molecule has 0 aliphatic carbocycles. The monoisotopic (exact) mass is 254 g/mol. The van der Waals surface area contributed by atoms with E-state index < -0.39 is 0 Å². The molecule has 0 bridgehead atoms. The highest BCUT2D eigenvalue weighted by molar-refractivity contribution is 4.77. The lowest BCUT2D eigenvalue weighted by Crippen LogP contribution is -2.43. The molecule has 1 atom stereocenters. The summed E-state index contributed by atoms with van der Waals surface area (Å²) in [5, 5.41) is 3.65. The number of nitrogens with one attached hydrogen (secondary N) is 1. The van der Waals surface area contributed by atoms with Crippen molar-refractivity contribution in [2.45, 2.75) is 64.0 Å². The Labute approximate surface area is 112 Å². The second-order valence-electron chi connectivity index (χ2n) is 5.85. The molecule has 0 amide bonds. The summed E-state index contributed by atoms with van der Waals surface area (Å²) in [6.45, 7) is 8.27. The first kappa shape index (κ1) is 14.3. The van der Waals surface area contributed by atoms with Crippen molar-refractivity contribution in [1.29, 1.82) is 0 Å². The van der Waals surface area contributed by atoms with E-state index in [4.69, 9.17) is 4.74 Å². The van der Waals surface area contributed by atoms with Crippen molar-refractivity contribution in [3.63, 3.8) is 0 Å². The van der Waals surface area contributed by atoms with Gasteiger partial charge in [-0.1, -0.05) is 6.92 Å². The van der Waals surface area contributed by atoms with Gasteiger partial charge in [-0.15, -0.1) is 0 Å². The average Bonchev–Trinajstić information content (AvgIpc) is 2.91. The van der Waals surface area contributed by atoms with E-state index in [-0.39, 0.29) is 0 Å². The van der Waals surface area contributed by atoms with Gasteiger partial charge in [-0.2, -0.15) is 0 Å². The van der Waals surface area contributed by atoms with Gasteiger partial charge in [-0.25, -0.2) is 0 Å². The molecule has 2 aliphatic rings. The van der Waals surface area contributed by atoms with Gasteiger partial charge in [0.25, 0.3) is 0 Å². The molecule has 0 saturated carbocycles. The predicted octanol–water partition coefficient (Wildman–Crippen LogP) is 2.41. The molecule has 2 heterocycles. The van der Waals surface area contributed by atoms with Gasteiger partial charge in [-0.05, 0) is 71.1 Å². The number of ether oxygens (including phenoxy) is 1. The van der Waals surface area contributed by atoms with E-state index >= 15 is 0 Å². The minimum absolute atomic E-state index is 0.578. The zero-order valence-corrected chi connectivity index (χ0v) is 12.0. The van der Waals surface area contributed by atoms with Crippen LogP contribution in [0.15, 0.2) is 0 Å². The van der Waals surface area contributed by atoms with Crippen LogP contribution < -0.4 is 5.32 Å². The molecule has 0 spiro atoms. The van der Waals surface area contributed by atoms with Crippen LogP contribution in [-0.2, 0) is 4.74 Å². The van der Waals surface area contributed by atoms with E-state index in [9.17, 15) is 0 Å². The molecule has 0 aromatic heterocycles. The van der Waals surface area contributed by atoms with E-state index in [1.165, 1.54) is 71.1 Å². The highest BCUT2D eigenvalue weighted by atomic mass is 16.5. The summed E-state index contributed by atoms with van der Waals surface area (Å²) in [6.07, 6.45) is 9.66. The van der Waals surface area contributed by atoms with Crippen molar-refractivity contribution in [2.24, 2.45) is 0 Å². The van der Waals surface area contributed by atoms with Crippen LogP contribution in [0, 0.1) is 0 Å². The van der Waals surface area contributed by atoms with Gasteiger partial charge in [0.1, 0.15) is 0 Å². The Morgan fingerprint density at radius 3 is 2.72 bits per heavy atom. The molecule has 18 heavy (non-hydrogen) atoms. The number of nitrogens with zero attached hydrogens (tertiary/aromatic N) is 1. The summed E-state index contributed by atoms with van der Waals surface area (Å²) in [5.41, 5.74) is 0. The molecule has 2 aliphatic heterocycles. The zero-order chi connectivity index (χ0) is 12.6. The van der Waals surface area contributed by atoms with Crippen molar-refractivity contribution in [3.8, 4) is 0 Å². The molecule has 3 nitrogen and oxygen atoms in total. The first-order chi connectivity index (χ1) is 8.88. The molecule has 1 N–H and O–H groups in total. The first-order valence-electron chi connectivity index (χ1n) is 7.96. The third-order valence-electron chi connectivity index (χ3n) is 4.30. The van der Waals surface area contributed by atoms with Crippen LogP contribution in [0.3, 0.4) is 0 Å². The third kappa shape index (κ3) is 4.87. The van der Waals surface area contributed by atoms with Crippen LogP contribution in [0.5, 0.6) is 0 Å². The normalized spacial score (nSPS) is 26.8. The van der Waals surface area contributed by atoms with Crippen LogP contribution in [0.4, 0.5) is 0 Å². The molecular weight excluding hydrogens is 224 g/mol. The summed E-state index contributed by atoms with van der Waals surface area (Å²) >= 11 is 0. The Morgan fingerprint density at radius 1 is 1.22 bits per heavy atom. The van der Waals surface area contributed by atoms with Crippen molar-refractivity contribution < 1.29 is 4.74 Å². The molecular formula is C15H30N2O. The Balaban J connectivity index is 1.50. The summed E-state index contributed by atoms with van der Waals surface area (Å²) in [4.78, 5) is 2.64. The standard InChI is InChI=1S/C15H30N2O/c1-2-9-16-14-7-11-17(12-8-14)10-3-5-15-6-4-13-18-15/h14-16H,2-13H2,1H3. The predicted molar refractivity (Wildman–Crippen MR) is 76.0 cm³/mol. The van der Waals surface area contributed by atoms with Gasteiger partial charge < -0.3 is 15.0 Å². The van der Waals surface area contributed by atoms with Gasteiger partial charge in [0.2, 0.25) is 0 Å². The van der Waals surface area contributed by atoms with Crippen molar-refractivity contribution in [3.05, 3.63) is 0 Å². The summed E-state index contributed by atoms with van der Waals surface area (Å²) < 4.78 is 5.68. The second-order valence-corrected chi connectivity index (χ2v) is 5.85. The van der Waals surface area contributed by atoms with E-state index in [0.29, 0.717) is 6.10 Å². The molecule has 3 heteroatoms. The van der Waals surface area contributed by atoms with Gasteiger partial charge in [0, 0.05) is 12.6 Å².